The summed E-state index contributed by atoms with van der Waals surface area (Å²) in [6.45, 7) is 14.2. The molecular weight excluding hydrogens is 368 g/mol. The first-order valence-corrected chi connectivity index (χ1v) is 10.4. The topological polar surface area (TPSA) is 17.3 Å². The Morgan fingerprint density at radius 3 is 1.76 bits per heavy atom. The Morgan fingerprint density at radius 1 is 0.862 bits per heavy atom. The zero-order valence-corrected chi connectivity index (χ0v) is 19.3. The van der Waals surface area contributed by atoms with Gasteiger partial charge in [0.05, 0.1) is 0 Å². The molecule has 29 heavy (non-hydrogen) atoms. The molecule has 0 saturated carbocycles. The molecule has 0 aliphatic carbocycles. The van der Waals surface area contributed by atoms with Crippen molar-refractivity contribution in [3.63, 3.8) is 0 Å². The Hall–Kier alpha value is -0.473. The molecule has 0 aromatic heterocycles. The average molecular weight is 404 g/mol. The molecule has 1 aromatic carbocycles. The van der Waals surface area contributed by atoms with E-state index in [2.05, 4.69) is 70.0 Å². The number of hydrogen-bond acceptors (Lipinski definition) is 1. The molecule has 1 aliphatic rings. The molecule has 1 aromatic rings. The monoisotopic (exact) mass is 404 g/mol. The first kappa shape index (κ1) is 26.6. The number of likely N-dealkylation sites (tertiary alicyclic amines) is 1. The largest absolute Gasteiger partial charge is 1.00 e. The van der Waals surface area contributed by atoms with E-state index in [9.17, 15) is 13.2 Å². The Morgan fingerprint density at radius 2 is 1.34 bits per heavy atom. The predicted molar refractivity (Wildman–Crippen MR) is 111 cm³/mol. The van der Waals surface area contributed by atoms with Crippen molar-refractivity contribution >= 4 is 0 Å². The fraction of sp³-hybridized carbons (Fsp3) is 0.739. The second-order valence-electron chi connectivity index (χ2n) is 10.2. The first-order valence-electron chi connectivity index (χ1n) is 10.4. The second-order valence-corrected chi connectivity index (χ2v) is 10.2. The summed E-state index contributed by atoms with van der Waals surface area (Å²) >= 11 is 0. The van der Waals surface area contributed by atoms with Gasteiger partial charge in [-0.3, -0.25) is 0 Å². The molecular formula is C23H36F3LiN2. The van der Waals surface area contributed by atoms with Crippen molar-refractivity contribution in [2.45, 2.75) is 83.9 Å². The van der Waals surface area contributed by atoms with Gasteiger partial charge in [0.2, 0.25) is 0 Å². The number of rotatable bonds is 5. The number of alkyl halides is 3. The third kappa shape index (κ3) is 8.65. The minimum Gasteiger partial charge on any atom is -0.647 e. The number of hydrogen-bond donors (Lipinski definition) is 0. The molecule has 1 aliphatic heterocycles. The van der Waals surface area contributed by atoms with Crippen LogP contribution in [-0.2, 0) is 10.8 Å². The molecule has 1 atom stereocenters. The van der Waals surface area contributed by atoms with Gasteiger partial charge in [0, 0.05) is 0 Å². The van der Waals surface area contributed by atoms with Crippen LogP contribution in [-0.4, -0.2) is 37.3 Å². The zero-order chi connectivity index (χ0) is 21.2. The van der Waals surface area contributed by atoms with Gasteiger partial charge in [-0.2, -0.15) is 13.2 Å². The summed E-state index contributed by atoms with van der Waals surface area (Å²) in [6.07, 6.45) is -0.842. The smallest absolute Gasteiger partial charge is 0.647 e. The van der Waals surface area contributed by atoms with Gasteiger partial charge in [0.25, 0.3) is 0 Å². The van der Waals surface area contributed by atoms with Crippen LogP contribution in [0.2, 0.25) is 0 Å². The number of piperidine rings is 1. The van der Waals surface area contributed by atoms with Crippen LogP contribution in [0.3, 0.4) is 0 Å². The van der Waals surface area contributed by atoms with Gasteiger partial charge in [-0.25, -0.2) is 0 Å². The molecule has 2 nitrogen and oxygen atoms in total. The minimum atomic E-state index is -4.27. The van der Waals surface area contributed by atoms with Crippen molar-refractivity contribution in [3.8, 4) is 0 Å². The second kappa shape index (κ2) is 10.2. The third-order valence-electron chi connectivity index (χ3n) is 5.44. The van der Waals surface area contributed by atoms with Crippen LogP contribution in [0.25, 0.3) is 5.32 Å². The quantitative estimate of drug-likeness (QED) is 0.684. The van der Waals surface area contributed by atoms with Gasteiger partial charge in [0.1, 0.15) is 0 Å². The summed E-state index contributed by atoms with van der Waals surface area (Å²) in [5.74, 6) is 0. The third-order valence-corrected chi connectivity index (χ3v) is 5.44. The van der Waals surface area contributed by atoms with Gasteiger partial charge in [-0.05, 0) is 61.0 Å². The van der Waals surface area contributed by atoms with Crippen molar-refractivity contribution in [2.75, 3.05) is 26.2 Å². The Labute approximate surface area is 187 Å². The molecule has 0 radical (unpaired) electrons. The SMILES string of the molecule is CC(C)(C)c1cc([C@H](CN2CCCCC2)[N-]CC(F)(F)F)cc(C(C)(C)C)c1.[Li+]. The standard InChI is InChI=1S/C23H36F3N2.Li/c1-21(2,3)18-12-17(13-19(14-18)22(4,5)6)20(27-16-23(24,25)26)15-28-10-8-7-9-11-28;/h12-14,20H,7-11,15-16H2,1-6H3;/q-1;+1/t20-;/m0./s1. The summed E-state index contributed by atoms with van der Waals surface area (Å²) in [7, 11) is 0. The number of nitrogens with zero attached hydrogens (tertiary/aromatic N) is 2. The van der Waals surface area contributed by atoms with E-state index in [1.807, 2.05) is 0 Å². The Bertz CT molecular complexity index is 607. The molecule has 1 saturated heterocycles. The molecule has 2 rings (SSSR count). The van der Waals surface area contributed by atoms with Crippen molar-refractivity contribution in [3.05, 3.63) is 40.2 Å². The number of benzene rings is 1. The first-order chi connectivity index (χ1) is 12.8. The van der Waals surface area contributed by atoms with Gasteiger partial charge in [0.15, 0.2) is 0 Å². The van der Waals surface area contributed by atoms with Crippen molar-refractivity contribution in [1.82, 2.24) is 4.90 Å². The van der Waals surface area contributed by atoms with E-state index in [1.54, 1.807) is 0 Å². The molecule has 0 amide bonds. The normalized spacial score (nSPS) is 17.7. The molecule has 6 heteroatoms. The van der Waals surface area contributed by atoms with E-state index in [4.69, 9.17) is 0 Å². The van der Waals surface area contributed by atoms with E-state index >= 15 is 0 Å². The fourth-order valence-electron chi connectivity index (χ4n) is 3.58. The van der Waals surface area contributed by atoms with Gasteiger partial charge < -0.3 is 10.2 Å². The van der Waals surface area contributed by atoms with E-state index < -0.39 is 18.8 Å². The maximum Gasteiger partial charge on any atom is 1.00 e. The van der Waals surface area contributed by atoms with Crippen LogP contribution < -0.4 is 18.9 Å². The van der Waals surface area contributed by atoms with E-state index in [1.165, 1.54) is 6.42 Å². The van der Waals surface area contributed by atoms with Crippen molar-refractivity contribution in [2.24, 2.45) is 0 Å². The molecule has 0 unspecified atom stereocenters. The van der Waals surface area contributed by atoms with Crippen molar-refractivity contribution < 1.29 is 32.0 Å². The van der Waals surface area contributed by atoms with Crippen LogP contribution in [0.5, 0.6) is 0 Å². The Kier molecular flexibility index (Phi) is 9.36. The van der Waals surface area contributed by atoms with Gasteiger partial charge in [-0.1, -0.05) is 77.8 Å². The maximum atomic E-state index is 12.9. The summed E-state index contributed by atoms with van der Waals surface area (Å²) in [5, 5.41) is 4.14. The van der Waals surface area contributed by atoms with Gasteiger partial charge in [-0.15, -0.1) is 0 Å². The summed E-state index contributed by atoms with van der Waals surface area (Å²) in [5.41, 5.74) is 3.07. The molecule has 1 fully saturated rings. The molecule has 0 N–H and O–H groups in total. The molecule has 0 bridgehead atoms. The predicted octanol–water partition coefficient (Wildman–Crippen LogP) is 3.75. The van der Waals surface area contributed by atoms with Crippen LogP contribution in [0, 0.1) is 0 Å². The molecule has 0 spiro atoms. The van der Waals surface area contributed by atoms with Crippen molar-refractivity contribution in [1.29, 1.82) is 0 Å². The number of halogens is 3. The van der Waals surface area contributed by atoms with E-state index in [-0.39, 0.29) is 29.7 Å². The van der Waals surface area contributed by atoms with E-state index in [0.717, 1.165) is 42.6 Å². The van der Waals surface area contributed by atoms with Crippen LogP contribution in [0.15, 0.2) is 18.2 Å². The zero-order valence-electron chi connectivity index (χ0n) is 19.3. The fourth-order valence-corrected chi connectivity index (χ4v) is 3.58. The van der Waals surface area contributed by atoms with E-state index in [0.29, 0.717) is 6.54 Å². The molecule has 1 heterocycles. The molecule has 160 valence electrons. The average Bonchev–Trinajstić information content (AvgIpc) is 2.56. The minimum absolute atomic E-state index is 0. The summed E-state index contributed by atoms with van der Waals surface area (Å²) in [4.78, 5) is 2.27. The summed E-state index contributed by atoms with van der Waals surface area (Å²) < 4.78 is 38.8. The summed E-state index contributed by atoms with van der Waals surface area (Å²) in [6, 6.07) is 5.89. The maximum absolute atomic E-state index is 12.9. The van der Waals surface area contributed by atoms with Crippen LogP contribution in [0.4, 0.5) is 13.2 Å². The van der Waals surface area contributed by atoms with Gasteiger partial charge >= 0.3 is 25.0 Å². The Balaban J connectivity index is 0.00000420. The van der Waals surface area contributed by atoms with Crippen LogP contribution in [0.1, 0.15) is 83.5 Å². The van der Waals surface area contributed by atoms with Crippen LogP contribution >= 0.6 is 0 Å².